The summed E-state index contributed by atoms with van der Waals surface area (Å²) in [4.78, 5) is 0. The molecule has 0 heterocycles. The fourth-order valence-corrected chi connectivity index (χ4v) is 0.895. The Morgan fingerprint density at radius 3 is 2.43 bits per heavy atom. The molecule has 1 rings (SSSR count). The van der Waals surface area contributed by atoms with Crippen LogP contribution in [0, 0.1) is 5.92 Å². The molecule has 0 aromatic carbocycles. The highest BCUT2D eigenvalue weighted by Crippen LogP contribution is 2.31. The molecule has 1 aliphatic carbocycles. The maximum absolute atomic E-state index is 8.73. The summed E-state index contributed by atoms with van der Waals surface area (Å²) in [6.45, 7) is 2.14. The largest absolute Gasteiger partial charge is 0.393 e. The third kappa shape index (κ3) is 0.942. The van der Waals surface area contributed by atoms with E-state index in [-0.39, 0.29) is 6.10 Å². The molecule has 0 aromatic rings. The summed E-state index contributed by atoms with van der Waals surface area (Å²) in [6, 6.07) is 0. The van der Waals surface area contributed by atoms with E-state index in [1.165, 1.54) is 5.92 Å². The topological polar surface area (TPSA) is 20.2 Å². The van der Waals surface area contributed by atoms with Gasteiger partial charge in [-0.2, -0.15) is 0 Å². The monoisotopic (exact) mass is 99.1 g/mol. The molecule has 7 heavy (non-hydrogen) atoms. The van der Waals surface area contributed by atoms with Crippen LogP contribution < -0.4 is 0 Å². The van der Waals surface area contributed by atoms with Crippen molar-refractivity contribution in [2.75, 3.05) is 0 Å². The van der Waals surface area contributed by atoms with Crippen LogP contribution in [-0.4, -0.2) is 11.2 Å². The maximum atomic E-state index is 8.73. The lowest BCUT2D eigenvalue weighted by molar-refractivity contribution is 0.110. The zero-order valence-electron chi connectivity index (χ0n) is 4.65. The summed E-state index contributed by atoms with van der Waals surface area (Å²) in [6.07, 6.45) is 3.11. The van der Waals surface area contributed by atoms with Gasteiger partial charge in [-0.1, -0.05) is 6.92 Å². The van der Waals surface area contributed by atoms with Crippen molar-refractivity contribution >= 4 is 0 Å². The molecule has 0 amide bonds. The van der Waals surface area contributed by atoms with Crippen molar-refractivity contribution in [1.29, 1.82) is 0 Å². The van der Waals surface area contributed by atoms with Gasteiger partial charge >= 0.3 is 0 Å². The van der Waals surface area contributed by atoms with Gasteiger partial charge in [0, 0.05) is 0 Å². The quantitative estimate of drug-likeness (QED) is 0.522. The Morgan fingerprint density at radius 2 is 2.29 bits per heavy atom. The SMILES string of the molecule is CC[C]1CC(O)C1. The fourth-order valence-electron chi connectivity index (χ4n) is 0.895. The predicted octanol–water partition coefficient (Wildman–Crippen LogP) is 1.13. The summed E-state index contributed by atoms with van der Waals surface area (Å²) in [5.41, 5.74) is 0. The summed E-state index contributed by atoms with van der Waals surface area (Å²) < 4.78 is 0. The van der Waals surface area contributed by atoms with Crippen molar-refractivity contribution in [2.45, 2.75) is 32.3 Å². The molecule has 0 aliphatic heterocycles. The number of rotatable bonds is 1. The normalized spacial score (nSPS) is 24.9. The molecule has 1 aliphatic rings. The maximum Gasteiger partial charge on any atom is 0.0551 e. The van der Waals surface area contributed by atoms with E-state index in [4.69, 9.17) is 5.11 Å². The Bertz CT molecular complexity index is 55.2. The van der Waals surface area contributed by atoms with E-state index in [1.807, 2.05) is 0 Å². The van der Waals surface area contributed by atoms with E-state index in [0.29, 0.717) is 0 Å². The number of hydrogen-bond acceptors (Lipinski definition) is 1. The Kier molecular flexibility index (Phi) is 1.33. The van der Waals surface area contributed by atoms with Gasteiger partial charge in [-0.25, -0.2) is 0 Å². The Morgan fingerprint density at radius 1 is 1.71 bits per heavy atom. The number of aliphatic hydroxyl groups excluding tert-OH is 1. The zero-order valence-corrected chi connectivity index (χ0v) is 4.65. The molecule has 1 nitrogen and oxygen atoms in total. The van der Waals surface area contributed by atoms with E-state index < -0.39 is 0 Å². The molecule has 0 aromatic heterocycles. The smallest absolute Gasteiger partial charge is 0.0551 e. The third-order valence-electron chi connectivity index (χ3n) is 1.55. The minimum absolute atomic E-state index is 0.00921. The van der Waals surface area contributed by atoms with Crippen molar-refractivity contribution in [2.24, 2.45) is 0 Å². The molecular weight excluding hydrogens is 88.1 g/mol. The van der Waals surface area contributed by atoms with Crippen LogP contribution in [-0.2, 0) is 0 Å². The first-order valence-electron chi connectivity index (χ1n) is 2.84. The van der Waals surface area contributed by atoms with Crippen LogP contribution in [0.5, 0.6) is 0 Å². The second kappa shape index (κ2) is 1.83. The average molecular weight is 99.2 g/mol. The van der Waals surface area contributed by atoms with Crippen LogP contribution in [0.15, 0.2) is 0 Å². The molecule has 1 heteroatoms. The van der Waals surface area contributed by atoms with Crippen LogP contribution in [0.2, 0.25) is 0 Å². The van der Waals surface area contributed by atoms with Gasteiger partial charge < -0.3 is 5.11 Å². The van der Waals surface area contributed by atoms with Gasteiger partial charge in [-0.3, -0.25) is 0 Å². The van der Waals surface area contributed by atoms with E-state index in [9.17, 15) is 0 Å². The molecule has 0 unspecified atom stereocenters. The first-order chi connectivity index (χ1) is 3.33. The van der Waals surface area contributed by atoms with Crippen LogP contribution in [0.1, 0.15) is 26.2 Å². The summed E-state index contributed by atoms with van der Waals surface area (Å²) >= 11 is 0. The standard InChI is InChI=1S/C6H11O/c1-2-5-3-6(7)4-5/h6-7H,2-4H2,1H3. The molecular formula is C6H11O. The lowest BCUT2D eigenvalue weighted by Crippen LogP contribution is -2.25. The van der Waals surface area contributed by atoms with Crippen LogP contribution in [0.25, 0.3) is 0 Å². The Hall–Kier alpha value is -0.0400. The molecule has 0 atom stereocenters. The highest BCUT2D eigenvalue weighted by atomic mass is 16.3. The number of hydrogen-bond donors (Lipinski definition) is 1. The highest BCUT2D eigenvalue weighted by molar-refractivity contribution is 5.02. The molecule has 0 bridgehead atoms. The molecule has 41 valence electrons. The van der Waals surface area contributed by atoms with Crippen molar-refractivity contribution in [3.8, 4) is 0 Å². The van der Waals surface area contributed by atoms with Crippen LogP contribution >= 0.6 is 0 Å². The third-order valence-corrected chi connectivity index (χ3v) is 1.55. The lowest BCUT2D eigenvalue weighted by Gasteiger charge is -2.29. The van der Waals surface area contributed by atoms with E-state index in [0.717, 1.165) is 19.3 Å². The Labute approximate surface area is 44.4 Å². The van der Waals surface area contributed by atoms with Crippen LogP contribution in [0.3, 0.4) is 0 Å². The van der Waals surface area contributed by atoms with Crippen molar-refractivity contribution in [1.82, 2.24) is 0 Å². The minimum atomic E-state index is 0.00921. The second-order valence-electron chi connectivity index (χ2n) is 2.17. The zero-order chi connectivity index (χ0) is 5.28. The summed E-state index contributed by atoms with van der Waals surface area (Å²) in [7, 11) is 0. The van der Waals surface area contributed by atoms with Gasteiger partial charge in [0.15, 0.2) is 0 Å². The summed E-state index contributed by atoms with van der Waals surface area (Å²) in [5.74, 6) is 1.52. The molecule has 1 saturated carbocycles. The van der Waals surface area contributed by atoms with Gasteiger partial charge in [0.25, 0.3) is 0 Å². The lowest BCUT2D eigenvalue weighted by atomic mass is 9.81. The van der Waals surface area contributed by atoms with Crippen molar-refractivity contribution in [3.63, 3.8) is 0 Å². The van der Waals surface area contributed by atoms with Gasteiger partial charge in [0.1, 0.15) is 0 Å². The molecule has 1 N–H and O–H groups in total. The van der Waals surface area contributed by atoms with Gasteiger partial charge in [0.2, 0.25) is 0 Å². The van der Waals surface area contributed by atoms with Gasteiger partial charge in [-0.15, -0.1) is 0 Å². The molecule has 1 fully saturated rings. The van der Waals surface area contributed by atoms with E-state index in [1.54, 1.807) is 0 Å². The van der Waals surface area contributed by atoms with E-state index in [2.05, 4.69) is 6.92 Å². The van der Waals surface area contributed by atoms with E-state index >= 15 is 0 Å². The van der Waals surface area contributed by atoms with Gasteiger partial charge in [-0.05, 0) is 25.2 Å². The molecule has 0 spiro atoms. The second-order valence-corrected chi connectivity index (χ2v) is 2.17. The highest BCUT2D eigenvalue weighted by Gasteiger charge is 2.25. The fraction of sp³-hybridized carbons (Fsp3) is 0.833. The van der Waals surface area contributed by atoms with Gasteiger partial charge in [0.05, 0.1) is 6.10 Å². The predicted molar refractivity (Wildman–Crippen MR) is 28.8 cm³/mol. The Balaban J connectivity index is 2.06. The minimum Gasteiger partial charge on any atom is -0.393 e. The summed E-state index contributed by atoms with van der Waals surface area (Å²) in [5, 5.41) is 8.73. The van der Waals surface area contributed by atoms with Crippen LogP contribution in [0.4, 0.5) is 0 Å². The molecule has 0 saturated heterocycles. The number of aliphatic hydroxyl groups is 1. The van der Waals surface area contributed by atoms with Crippen molar-refractivity contribution < 1.29 is 5.11 Å². The van der Waals surface area contributed by atoms with Crippen molar-refractivity contribution in [3.05, 3.63) is 5.92 Å². The first-order valence-corrected chi connectivity index (χ1v) is 2.84. The average Bonchev–Trinajstić information content (AvgIpc) is 1.58. The molecule has 1 radical (unpaired) electrons. The first kappa shape index (κ1) is 5.10.